The summed E-state index contributed by atoms with van der Waals surface area (Å²) in [6.45, 7) is 1.64. The normalized spacial score (nSPS) is 19.2. The molecule has 0 spiro atoms. The van der Waals surface area contributed by atoms with E-state index >= 15 is 0 Å². The summed E-state index contributed by atoms with van der Waals surface area (Å²) in [6, 6.07) is 3.92. The highest BCUT2D eigenvalue weighted by molar-refractivity contribution is 5.97. The lowest BCUT2D eigenvalue weighted by molar-refractivity contribution is 0.100. The van der Waals surface area contributed by atoms with Gasteiger partial charge in [0.2, 0.25) is 0 Å². The van der Waals surface area contributed by atoms with Gasteiger partial charge in [0.15, 0.2) is 0 Å². The van der Waals surface area contributed by atoms with E-state index in [9.17, 15) is 4.79 Å². The lowest BCUT2D eigenvalue weighted by atomic mass is 10.1. The Kier molecular flexibility index (Phi) is 4.15. The number of carbonyl (C=O) groups excluding carboxylic acids is 1. The molecule has 0 radical (unpaired) electrons. The van der Waals surface area contributed by atoms with Crippen molar-refractivity contribution >= 4 is 11.7 Å². The number of hydrogen-bond acceptors (Lipinski definition) is 4. The fraction of sp³-hybridized carbons (Fsp3) is 0.538. The lowest BCUT2D eigenvalue weighted by Crippen LogP contribution is -2.32. The summed E-state index contributed by atoms with van der Waals surface area (Å²) in [5, 5.41) is 0. The third-order valence-electron chi connectivity index (χ3n) is 3.44. The van der Waals surface area contributed by atoms with Crippen LogP contribution in [0.15, 0.2) is 18.3 Å². The van der Waals surface area contributed by atoms with Crippen LogP contribution in [0, 0.1) is 0 Å². The molecule has 1 saturated heterocycles. The van der Waals surface area contributed by atoms with Gasteiger partial charge in [-0.25, -0.2) is 4.98 Å². The van der Waals surface area contributed by atoms with Gasteiger partial charge in [0, 0.05) is 18.8 Å². The molecule has 1 atom stereocenters. The molecule has 18 heavy (non-hydrogen) atoms. The van der Waals surface area contributed by atoms with Crippen molar-refractivity contribution in [3.63, 3.8) is 0 Å². The summed E-state index contributed by atoms with van der Waals surface area (Å²) in [6.07, 6.45) is 6.02. The maximum atomic E-state index is 11.4. The van der Waals surface area contributed by atoms with Crippen LogP contribution in [0.3, 0.4) is 0 Å². The Labute approximate surface area is 107 Å². The van der Waals surface area contributed by atoms with E-state index in [0.717, 1.165) is 38.0 Å². The third-order valence-corrected chi connectivity index (χ3v) is 3.44. The first-order valence-electron chi connectivity index (χ1n) is 6.45. The highest BCUT2D eigenvalue weighted by atomic mass is 16.1. The van der Waals surface area contributed by atoms with E-state index in [4.69, 9.17) is 11.5 Å². The minimum Gasteiger partial charge on any atom is -0.365 e. The van der Waals surface area contributed by atoms with Crippen molar-refractivity contribution in [2.24, 2.45) is 11.5 Å². The molecule has 1 aromatic heterocycles. The monoisotopic (exact) mass is 248 g/mol. The van der Waals surface area contributed by atoms with Gasteiger partial charge in [0.25, 0.3) is 5.91 Å². The smallest absolute Gasteiger partial charge is 0.252 e. The highest BCUT2D eigenvalue weighted by Crippen LogP contribution is 2.28. The number of carbonyl (C=O) groups is 1. The minimum absolute atomic E-state index is 0.414. The van der Waals surface area contributed by atoms with E-state index in [2.05, 4.69) is 9.88 Å². The van der Waals surface area contributed by atoms with Crippen molar-refractivity contribution < 1.29 is 4.79 Å². The molecule has 5 nitrogen and oxygen atoms in total. The number of anilines is 1. The quantitative estimate of drug-likeness (QED) is 0.810. The largest absolute Gasteiger partial charge is 0.365 e. The predicted molar refractivity (Wildman–Crippen MR) is 71.4 cm³/mol. The fourth-order valence-electron chi connectivity index (χ4n) is 2.59. The summed E-state index contributed by atoms with van der Waals surface area (Å²) in [5.74, 6) is 0.312. The molecule has 1 aromatic rings. The predicted octanol–water partition coefficient (Wildman–Crippen LogP) is 0.888. The summed E-state index contributed by atoms with van der Waals surface area (Å²) in [4.78, 5) is 18.0. The van der Waals surface area contributed by atoms with Crippen LogP contribution in [0.1, 0.15) is 36.0 Å². The van der Waals surface area contributed by atoms with E-state index in [1.807, 2.05) is 0 Å². The van der Waals surface area contributed by atoms with Crippen LogP contribution in [0.25, 0.3) is 0 Å². The molecule has 0 saturated carbocycles. The van der Waals surface area contributed by atoms with Gasteiger partial charge in [-0.05, 0) is 44.4 Å². The first-order valence-corrected chi connectivity index (χ1v) is 6.45. The average molecular weight is 248 g/mol. The number of amides is 1. The molecule has 1 amide bonds. The molecule has 0 aromatic carbocycles. The van der Waals surface area contributed by atoms with Crippen molar-refractivity contribution in [3.05, 3.63) is 23.9 Å². The van der Waals surface area contributed by atoms with E-state index in [0.29, 0.717) is 18.2 Å². The third kappa shape index (κ3) is 2.61. The molecule has 1 aliphatic heterocycles. The second-order valence-corrected chi connectivity index (χ2v) is 4.66. The second kappa shape index (κ2) is 5.82. The molecule has 5 heteroatoms. The number of nitrogens with two attached hydrogens (primary N) is 2. The van der Waals surface area contributed by atoms with Gasteiger partial charge in [0.05, 0.1) is 5.56 Å². The Bertz CT molecular complexity index is 421. The number of hydrogen-bond donors (Lipinski definition) is 2. The maximum Gasteiger partial charge on any atom is 0.252 e. The Balaban J connectivity index is 2.21. The van der Waals surface area contributed by atoms with Crippen molar-refractivity contribution in [1.82, 2.24) is 4.98 Å². The first-order chi connectivity index (χ1) is 8.74. The van der Waals surface area contributed by atoms with Crippen molar-refractivity contribution in [3.8, 4) is 0 Å². The topological polar surface area (TPSA) is 85.2 Å². The molecule has 1 fully saturated rings. The van der Waals surface area contributed by atoms with E-state index in [1.54, 1.807) is 18.3 Å². The van der Waals surface area contributed by atoms with Crippen LogP contribution in [-0.2, 0) is 0 Å². The van der Waals surface area contributed by atoms with Gasteiger partial charge in [-0.1, -0.05) is 0 Å². The highest BCUT2D eigenvalue weighted by Gasteiger charge is 2.27. The molecule has 1 aliphatic rings. The van der Waals surface area contributed by atoms with Crippen molar-refractivity contribution in [1.29, 1.82) is 0 Å². The Morgan fingerprint density at radius 1 is 1.56 bits per heavy atom. The zero-order chi connectivity index (χ0) is 13.0. The fourth-order valence-corrected chi connectivity index (χ4v) is 2.59. The van der Waals surface area contributed by atoms with Gasteiger partial charge < -0.3 is 16.4 Å². The maximum absolute atomic E-state index is 11.4. The molecule has 98 valence electrons. The van der Waals surface area contributed by atoms with Crippen LogP contribution >= 0.6 is 0 Å². The Morgan fingerprint density at radius 3 is 3.11 bits per heavy atom. The number of nitrogens with zero attached hydrogens (tertiary/aromatic N) is 2. The molecule has 1 unspecified atom stereocenters. The number of aromatic nitrogens is 1. The van der Waals surface area contributed by atoms with E-state index in [-0.39, 0.29) is 0 Å². The standard InChI is InChI=1S/C13H20N4O/c14-7-1-4-10-5-3-9-17(10)13-11(12(15)18)6-2-8-16-13/h2,6,8,10H,1,3-5,7,9,14H2,(H2,15,18). The zero-order valence-electron chi connectivity index (χ0n) is 10.5. The molecular formula is C13H20N4O. The van der Waals surface area contributed by atoms with Crippen molar-refractivity contribution in [2.75, 3.05) is 18.0 Å². The SMILES string of the molecule is NCCCC1CCCN1c1ncccc1C(N)=O. The summed E-state index contributed by atoms with van der Waals surface area (Å²) >= 11 is 0. The lowest BCUT2D eigenvalue weighted by Gasteiger charge is -2.26. The van der Waals surface area contributed by atoms with Gasteiger partial charge >= 0.3 is 0 Å². The van der Waals surface area contributed by atoms with E-state index in [1.165, 1.54) is 0 Å². The van der Waals surface area contributed by atoms with Crippen molar-refractivity contribution in [2.45, 2.75) is 31.7 Å². The zero-order valence-corrected chi connectivity index (χ0v) is 10.5. The Hall–Kier alpha value is -1.62. The van der Waals surface area contributed by atoms with Gasteiger partial charge in [0.1, 0.15) is 5.82 Å². The average Bonchev–Trinajstić information content (AvgIpc) is 2.84. The van der Waals surface area contributed by atoms with Crippen LogP contribution in [0.5, 0.6) is 0 Å². The first kappa shape index (κ1) is 12.8. The number of primary amides is 1. The van der Waals surface area contributed by atoms with Gasteiger partial charge in [-0.2, -0.15) is 0 Å². The van der Waals surface area contributed by atoms with Crippen LogP contribution in [0.2, 0.25) is 0 Å². The molecule has 0 bridgehead atoms. The summed E-state index contributed by atoms with van der Waals surface area (Å²) < 4.78 is 0. The summed E-state index contributed by atoms with van der Waals surface area (Å²) in [7, 11) is 0. The van der Waals surface area contributed by atoms with Crippen LogP contribution in [-0.4, -0.2) is 30.0 Å². The number of pyridine rings is 1. The molecule has 4 N–H and O–H groups in total. The number of rotatable bonds is 5. The summed E-state index contributed by atoms with van der Waals surface area (Å²) in [5.41, 5.74) is 11.5. The van der Waals surface area contributed by atoms with Gasteiger partial charge in [-0.3, -0.25) is 4.79 Å². The van der Waals surface area contributed by atoms with Crippen LogP contribution < -0.4 is 16.4 Å². The molecule has 0 aliphatic carbocycles. The van der Waals surface area contributed by atoms with Crippen LogP contribution in [0.4, 0.5) is 5.82 Å². The van der Waals surface area contributed by atoms with Gasteiger partial charge in [-0.15, -0.1) is 0 Å². The molecule has 2 rings (SSSR count). The second-order valence-electron chi connectivity index (χ2n) is 4.66. The minimum atomic E-state index is -0.414. The molecule has 2 heterocycles. The Morgan fingerprint density at radius 2 is 2.39 bits per heavy atom. The molecular weight excluding hydrogens is 228 g/mol. The van der Waals surface area contributed by atoms with E-state index < -0.39 is 5.91 Å².